The van der Waals surface area contributed by atoms with Crippen LogP contribution < -0.4 is 5.32 Å². The molecule has 2 heteroatoms. The van der Waals surface area contributed by atoms with Gasteiger partial charge in [0.15, 0.2) is 0 Å². The Morgan fingerprint density at radius 1 is 1.50 bits per heavy atom. The van der Waals surface area contributed by atoms with Crippen LogP contribution in [-0.4, -0.2) is 13.1 Å². The molecule has 1 aromatic rings. The standard InChI is InChI=1S/C12H19NO/c1-3-7-13-10-11(4-2)9-12-6-5-8-14-12/h5-6,8-9,13H,3-4,7,10H2,1-2H3. The Morgan fingerprint density at radius 2 is 2.36 bits per heavy atom. The predicted octanol–water partition coefficient (Wildman–Crippen LogP) is 3.07. The molecule has 0 saturated heterocycles. The fourth-order valence-electron chi connectivity index (χ4n) is 1.28. The van der Waals surface area contributed by atoms with Crippen molar-refractivity contribution in [2.24, 2.45) is 0 Å². The van der Waals surface area contributed by atoms with E-state index in [-0.39, 0.29) is 0 Å². The highest BCUT2D eigenvalue weighted by atomic mass is 16.3. The van der Waals surface area contributed by atoms with Crippen LogP contribution in [0.2, 0.25) is 0 Å². The molecule has 0 radical (unpaired) electrons. The van der Waals surface area contributed by atoms with Crippen LogP contribution in [0.4, 0.5) is 0 Å². The zero-order chi connectivity index (χ0) is 10.2. The summed E-state index contributed by atoms with van der Waals surface area (Å²) in [4.78, 5) is 0. The first kappa shape index (κ1) is 11.1. The average Bonchev–Trinajstić information content (AvgIpc) is 2.69. The van der Waals surface area contributed by atoms with Gasteiger partial charge in [0, 0.05) is 6.54 Å². The SMILES string of the molecule is CCCNCC(=Cc1ccco1)CC. The van der Waals surface area contributed by atoms with Crippen molar-refractivity contribution >= 4 is 6.08 Å². The highest BCUT2D eigenvalue weighted by Gasteiger charge is 1.96. The van der Waals surface area contributed by atoms with Crippen molar-refractivity contribution in [3.8, 4) is 0 Å². The molecule has 0 spiro atoms. The lowest BCUT2D eigenvalue weighted by atomic mass is 10.1. The fourth-order valence-corrected chi connectivity index (χ4v) is 1.28. The first-order valence-corrected chi connectivity index (χ1v) is 5.30. The van der Waals surface area contributed by atoms with E-state index in [1.165, 1.54) is 12.0 Å². The molecule has 0 bridgehead atoms. The molecule has 1 N–H and O–H groups in total. The molecule has 2 nitrogen and oxygen atoms in total. The summed E-state index contributed by atoms with van der Waals surface area (Å²) in [6.07, 6.45) is 6.07. The Bertz CT molecular complexity index is 262. The highest BCUT2D eigenvalue weighted by Crippen LogP contribution is 2.09. The molecular formula is C12H19NO. The Balaban J connectivity index is 2.45. The first-order chi connectivity index (χ1) is 6.86. The van der Waals surface area contributed by atoms with Crippen LogP contribution in [0.15, 0.2) is 28.4 Å². The van der Waals surface area contributed by atoms with E-state index < -0.39 is 0 Å². The van der Waals surface area contributed by atoms with Crippen LogP contribution >= 0.6 is 0 Å². The minimum Gasteiger partial charge on any atom is -0.465 e. The van der Waals surface area contributed by atoms with Crippen molar-refractivity contribution in [3.63, 3.8) is 0 Å². The maximum absolute atomic E-state index is 5.27. The molecule has 0 fully saturated rings. The van der Waals surface area contributed by atoms with Crippen molar-refractivity contribution in [2.75, 3.05) is 13.1 Å². The van der Waals surface area contributed by atoms with E-state index in [1.807, 2.05) is 12.1 Å². The fraction of sp³-hybridized carbons (Fsp3) is 0.500. The minimum atomic E-state index is 0.945. The summed E-state index contributed by atoms with van der Waals surface area (Å²) in [5.74, 6) is 0.945. The number of rotatable bonds is 6. The second-order valence-electron chi connectivity index (χ2n) is 3.35. The zero-order valence-electron chi connectivity index (χ0n) is 9.05. The molecule has 0 atom stereocenters. The molecule has 1 rings (SSSR count). The minimum absolute atomic E-state index is 0.945. The van der Waals surface area contributed by atoms with Gasteiger partial charge in [-0.05, 0) is 37.6 Å². The Labute approximate surface area is 86.0 Å². The van der Waals surface area contributed by atoms with Gasteiger partial charge in [0.1, 0.15) is 5.76 Å². The van der Waals surface area contributed by atoms with Gasteiger partial charge in [-0.15, -0.1) is 0 Å². The van der Waals surface area contributed by atoms with Crippen LogP contribution in [0.25, 0.3) is 6.08 Å². The monoisotopic (exact) mass is 193 g/mol. The quantitative estimate of drug-likeness (QED) is 0.702. The topological polar surface area (TPSA) is 25.2 Å². The number of hydrogen-bond donors (Lipinski definition) is 1. The summed E-state index contributed by atoms with van der Waals surface area (Å²) in [5, 5.41) is 3.39. The Morgan fingerprint density at radius 3 is 2.93 bits per heavy atom. The van der Waals surface area contributed by atoms with Gasteiger partial charge in [0.05, 0.1) is 6.26 Å². The van der Waals surface area contributed by atoms with Crippen LogP contribution in [0, 0.1) is 0 Å². The van der Waals surface area contributed by atoms with Crippen LogP contribution in [-0.2, 0) is 0 Å². The number of furan rings is 1. The molecule has 1 heterocycles. The van der Waals surface area contributed by atoms with Crippen LogP contribution in [0.5, 0.6) is 0 Å². The lowest BCUT2D eigenvalue weighted by molar-refractivity contribution is 0.556. The van der Waals surface area contributed by atoms with Gasteiger partial charge in [0.2, 0.25) is 0 Å². The summed E-state index contributed by atoms with van der Waals surface area (Å²) in [5.41, 5.74) is 1.38. The third kappa shape index (κ3) is 3.79. The summed E-state index contributed by atoms with van der Waals surface area (Å²) >= 11 is 0. The van der Waals surface area contributed by atoms with Gasteiger partial charge < -0.3 is 9.73 Å². The molecule has 1 aromatic heterocycles. The molecule has 14 heavy (non-hydrogen) atoms. The maximum atomic E-state index is 5.27. The van der Waals surface area contributed by atoms with Crippen molar-refractivity contribution < 1.29 is 4.42 Å². The van der Waals surface area contributed by atoms with Gasteiger partial charge in [-0.3, -0.25) is 0 Å². The van der Waals surface area contributed by atoms with E-state index in [0.29, 0.717) is 0 Å². The second-order valence-corrected chi connectivity index (χ2v) is 3.35. The molecule has 78 valence electrons. The van der Waals surface area contributed by atoms with E-state index in [1.54, 1.807) is 6.26 Å². The van der Waals surface area contributed by atoms with E-state index in [4.69, 9.17) is 4.42 Å². The van der Waals surface area contributed by atoms with Crippen LogP contribution in [0.3, 0.4) is 0 Å². The van der Waals surface area contributed by atoms with Gasteiger partial charge in [-0.25, -0.2) is 0 Å². The van der Waals surface area contributed by atoms with E-state index in [9.17, 15) is 0 Å². The molecule has 0 aliphatic heterocycles. The van der Waals surface area contributed by atoms with Gasteiger partial charge in [0.25, 0.3) is 0 Å². The van der Waals surface area contributed by atoms with Gasteiger partial charge >= 0.3 is 0 Å². The Hall–Kier alpha value is -1.02. The van der Waals surface area contributed by atoms with Crippen molar-refractivity contribution in [2.45, 2.75) is 26.7 Å². The van der Waals surface area contributed by atoms with Crippen LogP contribution in [0.1, 0.15) is 32.4 Å². The zero-order valence-corrected chi connectivity index (χ0v) is 9.05. The lowest BCUT2D eigenvalue weighted by Crippen LogP contribution is -2.17. The van der Waals surface area contributed by atoms with Crippen molar-refractivity contribution in [1.29, 1.82) is 0 Å². The lowest BCUT2D eigenvalue weighted by Gasteiger charge is -2.05. The normalized spacial score (nSPS) is 12.0. The summed E-state index contributed by atoms with van der Waals surface area (Å²) in [6, 6.07) is 3.90. The summed E-state index contributed by atoms with van der Waals surface area (Å²) in [6.45, 7) is 6.39. The molecular weight excluding hydrogens is 174 g/mol. The molecule has 0 unspecified atom stereocenters. The van der Waals surface area contributed by atoms with Crippen molar-refractivity contribution in [3.05, 3.63) is 29.7 Å². The van der Waals surface area contributed by atoms with Gasteiger partial charge in [-0.1, -0.05) is 19.4 Å². The van der Waals surface area contributed by atoms with Gasteiger partial charge in [-0.2, -0.15) is 0 Å². The number of hydrogen-bond acceptors (Lipinski definition) is 2. The van der Waals surface area contributed by atoms with E-state index >= 15 is 0 Å². The smallest absolute Gasteiger partial charge is 0.126 e. The molecule has 0 amide bonds. The first-order valence-electron chi connectivity index (χ1n) is 5.30. The summed E-state index contributed by atoms with van der Waals surface area (Å²) < 4.78 is 5.27. The highest BCUT2D eigenvalue weighted by molar-refractivity contribution is 5.47. The third-order valence-electron chi connectivity index (χ3n) is 2.12. The molecule has 0 saturated carbocycles. The predicted molar refractivity (Wildman–Crippen MR) is 60.1 cm³/mol. The average molecular weight is 193 g/mol. The van der Waals surface area contributed by atoms with Crippen molar-refractivity contribution in [1.82, 2.24) is 5.32 Å². The molecule has 0 aliphatic rings. The molecule has 0 aliphatic carbocycles. The van der Waals surface area contributed by atoms with E-state index in [0.717, 1.165) is 25.3 Å². The Kier molecular flexibility index (Phi) is 5.08. The second kappa shape index (κ2) is 6.44. The molecule has 0 aromatic carbocycles. The number of nitrogens with one attached hydrogen (secondary N) is 1. The largest absolute Gasteiger partial charge is 0.465 e. The van der Waals surface area contributed by atoms with E-state index in [2.05, 4.69) is 25.2 Å². The maximum Gasteiger partial charge on any atom is 0.126 e. The summed E-state index contributed by atoms with van der Waals surface area (Å²) in [7, 11) is 0. The third-order valence-corrected chi connectivity index (χ3v) is 2.12.